The summed E-state index contributed by atoms with van der Waals surface area (Å²) >= 11 is 1.91. The summed E-state index contributed by atoms with van der Waals surface area (Å²) in [5.41, 5.74) is 7.97. The minimum atomic E-state index is -0.270. The van der Waals surface area contributed by atoms with Crippen LogP contribution < -0.4 is 11.1 Å². The van der Waals surface area contributed by atoms with Gasteiger partial charge in [0.25, 0.3) is 0 Å². The minimum Gasteiger partial charge on any atom is -0.397 e. The summed E-state index contributed by atoms with van der Waals surface area (Å²) < 4.78 is 13.9. The van der Waals surface area contributed by atoms with Crippen LogP contribution in [0.15, 0.2) is 36.7 Å². The summed E-state index contributed by atoms with van der Waals surface area (Å²) in [4.78, 5) is 4.00. The minimum absolute atomic E-state index is 0.270. The lowest BCUT2D eigenvalue weighted by molar-refractivity contribution is 0.621. The number of nitrogen functional groups attached to an aromatic ring is 1. The first-order chi connectivity index (χ1) is 8.16. The van der Waals surface area contributed by atoms with Crippen molar-refractivity contribution in [1.29, 1.82) is 0 Å². The number of nitrogens with two attached hydrogens (primary N) is 1. The molecule has 1 aromatic heterocycles. The van der Waals surface area contributed by atoms with Crippen LogP contribution in [0.25, 0.3) is 0 Å². The van der Waals surface area contributed by atoms with Crippen LogP contribution in [0, 0.1) is 9.39 Å². The Balaban J connectivity index is 2.12. The van der Waals surface area contributed by atoms with E-state index >= 15 is 0 Å². The van der Waals surface area contributed by atoms with E-state index in [4.69, 9.17) is 5.73 Å². The molecule has 88 valence electrons. The molecule has 17 heavy (non-hydrogen) atoms. The Morgan fingerprint density at radius 1 is 1.41 bits per heavy atom. The molecule has 3 N–H and O–H groups in total. The molecule has 0 spiro atoms. The van der Waals surface area contributed by atoms with Crippen LogP contribution >= 0.6 is 22.6 Å². The van der Waals surface area contributed by atoms with Crippen LogP contribution in [-0.4, -0.2) is 4.98 Å². The van der Waals surface area contributed by atoms with Gasteiger partial charge in [0.15, 0.2) is 0 Å². The lowest BCUT2D eigenvalue weighted by atomic mass is 10.2. The van der Waals surface area contributed by atoms with Gasteiger partial charge in [-0.3, -0.25) is 4.98 Å². The van der Waals surface area contributed by atoms with Crippen LogP contribution in [-0.2, 0) is 6.54 Å². The maximum atomic E-state index is 13.4. The second-order valence-electron chi connectivity index (χ2n) is 3.57. The van der Waals surface area contributed by atoms with E-state index in [0.29, 0.717) is 21.5 Å². The van der Waals surface area contributed by atoms with E-state index in [9.17, 15) is 4.39 Å². The smallest absolute Gasteiger partial charge is 0.138 e. The Morgan fingerprint density at radius 2 is 2.24 bits per heavy atom. The van der Waals surface area contributed by atoms with Crippen molar-refractivity contribution in [1.82, 2.24) is 4.98 Å². The number of hydrogen-bond donors (Lipinski definition) is 2. The highest BCUT2D eigenvalue weighted by Crippen LogP contribution is 2.24. The predicted octanol–water partition coefficient (Wildman–Crippen LogP) is 3.02. The molecule has 2 aromatic rings. The summed E-state index contributed by atoms with van der Waals surface area (Å²) in [6.45, 7) is 0.568. The van der Waals surface area contributed by atoms with Crippen molar-refractivity contribution in [2.45, 2.75) is 6.54 Å². The Bertz CT molecular complexity index is 517. The molecule has 5 heteroatoms. The standard InChI is InChI=1S/C12H11FIN3/c13-9-4-12(11(15)5-10(9)14)17-7-8-2-1-3-16-6-8/h1-6,17H,7,15H2. The first-order valence-electron chi connectivity index (χ1n) is 5.04. The SMILES string of the molecule is Nc1cc(I)c(F)cc1NCc1cccnc1. The summed E-state index contributed by atoms with van der Waals surface area (Å²) in [6.07, 6.45) is 3.47. The maximum Gasteiger partial charge on any atom is 0.138 e. The first kappa shape index (κ1) is 12.1. The molecule has 0 saturated heterocycles. The quantitative estimate of drug-likeness (QED) is 0.665. The van der Waals surface area contributed by atoms with Crippen LogP contribution in [0.3, 0.4) is 0 Å². The zero-order valence-corrected chi connectivity index (χ0v) is 11.1. The van der Waals surface area contributed by atoms with Gasteiger partial charge in [0.2, 0.25) is 0 Å². The average molecular weight is 343 g/mol. The molecule has 0 atom stereocenters. The van der Waals surface area contributed by atoms with Gasteiger partial charge in [-0.25, -0.2) is 4.39 Å². The number of hydrogen-bond acceptors (Lipinski definition) is 3. The molecule has 0 fully saturated rings. The van der Waals surface area contributed by atoms with E-state index in [0.717, 1.165) is 5.56 Å². The van der Waals surface area contributed by atoms with Crippen molar-refractivity contribution in [3.05, 3.63) is 51.6 Å². The molecule has 0 aliphatic heterocycles. The van der Waals surface area contributed by atoms with Gasteiger partial charge in [0.1, 0.15) is 5.82 Å². The molecule has 0 unspecified atom stereocenters. The summed E-state index contributed by atoms with van der Waals surface area (Å²) in [5.74, 6) is -0.270. The Kier molecular flexibility index (Phi) is 3.78. The van der Waals surface area contributed by atoms with Gasteiger partial charge in [0.05, 0.1) is 14.9 Å². The van der Waals surface area contributed by atoms with Gasteiger partial charge >= 0.3 is 0 Å². The van der Waals surface area contributed by atoms with E-state index in [-0.39, 0.29) is 5.82 Å². The second kappa shape index (κ2) is 5.31. The molecule has 0 saturated carbocycles. The molecular formula is C12H11FIN3. The highest BCUT2D eigenvalue weighted by molar-refractivity contribution is 14.1. The van der Waals surface area contributed by atoms with E-state index in [1.54, 1.807) is 18.5 Å². The van der Waals surface area contributed by atoms with Gasteiger partial charge in [-0.2, -0.15) is 0 Å². The van der Waals surface area contributed by atoms with Gasteiger partial charge < -0.3 is 11.1 Å². The Labute approximate surface area is 112 Å². The maximum absolute atomic E-state index is 13.4. The summed E-state index contributed by atoms with van der Waals surface area (Å²) in [5, 5.41) is 3.09. The predicted molar refractivity (Wildman–Crippen MR) is 75.1 cm³/mol. The molecule has 3 nitrogen and oxygen atoms in total. The number of nitrogens with zero attached hydrogens (tertiary/aromatic N) is 1. The number of pyridine rings is 1. The lowest BCUT2D eigenvalue weighted by Gasteiger charge is -2.10. The number of halogens is 2. The number of anilines is 2. The van der Waals surface area contributed by atoms with E-state index in [1.165, 1.54) is 6.07 Å². The van der Waals surface area contributed by atoms with Crippen molar-refractivity contribution in [3.63, 3.8) is 0 Å². The van der Waals surface area contributed by atoms with Crippen LogP contribution in [0.2, 0.25) is 0 Å². The first-order valence-corrected chi connectivity index (χ1v) is 6.12. The van der Waals surface area contributed by atoms with Crippen molar-refractivity contribution in [2.24, 2.45) is 0 Å². The van der Waals surface area contributed by atoms with Crippen LogP contribution in [0.4, 0.5) is 15.8 Å². The van der Waals surface area contributed by atoms with Crippen molar-refractivity contribution in [3.8, 4) is 0 Å². The number of rotatable bonds is 3. The van der Waals surface area contributed by atoms with E-state index in [2.05, 4.69) is 10.3 Å². The monoisotopic (exact) mass is 343 g/mol. The fourth-order valence-corrected chi connectivity index (χ4v) is 1.91. The van der Waals surface area contributed by atoms with Gasteiger partial charge in [-0.15, -0.1) is 0 Å². The van der Waals surface area contributed by atoms with Crippen molar-refractivity contribution >= 4 is 34.0 Å². The van der Waals surface area contributed by atoms with Crippen molar-refractivity contribution < 1.29 is 4.39 Å². The average Bonchev–Trinajstić information content (AvgIpc) is 2.33. The molecule has 1 aromatic carbocycles. The highest BCUT2D eigenvalue weighted by Gasteiger charge is 2.05. The fraction of sp³-hybridized carbons (Fsp3) is 0.0833. The van der Waals surface area contributed by atoms with Crippen LogP contribution in [0.5, 0.6) is 0 Å². The number of aromatic nitrogens is 1. The largest absolute Gasteiger partial charge is 0.397 e. The third kappa shape index (κ3) is 3.06. The highest BCUT2D eigenvalue weighted by atomic mass is 127. The normalized spacial score (nSPS) is 10.2. The number of benzene rings is 1. The van der Waals surface area contributed by atoms with Gasteiger partial charge in [-0.05, 0) is 40.3 Å². The third-order valence-corrected chi connectivity index (χ3v) is 3.12. The molecule has 1 heterocycles. The molecule has 0 amide bonds. The second-order valence-corrected chi connectivity index (χ2v) is 4.73. The molecule has 0 bridgehead atoms. The molecule has 0 aliphatic carbocycles. The van der Waals surface area contributed by atoms with Crippen LogP contribution in [0.1, 0.15) is 5.56 Å². The Hall–Kier alpha value is -1.37. The third-order valence-electron chi connectivity index (χ3n) is 2.30. The number of nitrogens with one attached hydrogen (secondary N) is 1. The molecule has 0 aliphatic rings. The van der Waals surface area contributed by atoms with Gasteiger partial charge in [-0.1, -0.05) is 6.07 Å². The van der Waals surface area contributed by atoms with Crippen molar-refractivity contribution in [2.75, 3.05) is 11.1 Å². The topological polar surface area (TPSA) is 50.9 Å². The zero-order valence-electron chi connectivity index (χ0n) is 8.95. The fourth-order valence-electron chi connectivity index (χ4n) is 1.42. The Morgan fingerprint density at radius 3 is 2.94 bits per heavy atom. The molecular weight excluding hydrogens is 332 g/mol. The molecule has 2 rings (SSSR count). The lowest BCUT2D eigenvalue weighted by Crippen LogP contribution is -2.04. The van der Waals surface area contributed by atoms with E-state index in [1.807, 2.05) is 34.7 Å². The van der Waals surface area contributed by atoms with E-state index < -0.39 is 0 Å². The molecule has 0 radical (unpaired) electrons. The van der Waals surface area contributed by atoms with Gasteiger partial charge in [0, 0.05) is 25.0 Å². The summed E-state index contributed by atoms with van der Waals surface area (Å²) in [7, 11) is 0. The zero-order chi connectivity index (χ0) is 12.3. The summed E-state index contributed by atoms with van der Waals surface area (Å²) in [6, 6.07) is 6.82.